The second-order valence-electron chi connectivity index (χ2n) is 4.85. The second-order valence-corrected chi connectivity index (χ2v) is 5.87. The van der Waals surface area contributed by atoms with Gasteiger partial charge in [0.25, 0.3) is 0 Å². The lowest BCUT2D eigenvalue weighted by Crippen LogP contribution is -2.03. The van der Waals surface area contributed by atoms with Crippen molar-refractivity contribution in [2.45, 2.75) is 25.2 Å². The van der Waals surface area contributed by atoms with Crippen LogP contribution >= 0.6 is 11.8 Å². The van der Waals surface area contributed by atoms with Crippen LogP contribution in [-0.4, -0.2) is 18.1 Å². The van der Waals surface area contributed by atoms with E-state index in [2.05, 4.69) is 26.0 Å². The molecule has 0 aliphatic carbocycles. The zero-order valence-electron chi connectivity index (χ0n) is 12.5. The fourth-order valence-corrected chi connectivity index (χ4v) is 2.83. The third-order valence-electron chi connectivity index (χ3n) is 3.10. The molecule has 21 heavy (non-hydrogen) atoms. The zero-order valence-corrected chi connectivity index (χ0v) is 13.3. The van der Waals surface area contributed by atoms with Gasteiger partial charge in [-0.15, -0.1) is 11.8 Å². The van der Waals surface area contributed by atoms with Crippen molar-refractivity contribution < 1.29 is 9.53 Å². The summed E-state index contributed by atoms with van der Waals surface area (Å²) < 4.78 is 5.52. The number of benzene rings is 2. The first kappa shape index (κ1) is 15.6. The van der Waals surface area contributed by atoms with Crippen LogP contribution in [0.4, 0.5) is 0 Å². The molecule has 2 aromatic carbocycles. The number of carbonyl (C=O) groups is 1. The Morgan fingerprint density at radius 2 is 1.81 bits per heavy atom. The van der Waals surface area contributed by atoms with E-state index in [-0.39, 0.29) is 5.78 Å². The molecule has 0 atom stereocenters. The molecule has 0 heterocycles. The number of ether oxygens (including phenoxy) is 1. The molecule has 3 heteroatoms. The summed E-state index contributed by atoms with van der Waals surface area (Å²) in [6, 6.07) is 15.5. The molecule has 0 aliphatic heterocycles. The van der Waals surface area contributed by atoms with E-state index in [0.29, 0.717) is 12.4 Å². The molecule has 2 nitrogen and oxygen atoms in total. The minimum atomic E-state index is 0.144. The van der Waals surface area contributed by atoms with E-state index in [1.807, 2.05) is 36.4 Å². The summed E-state index contributed by atoms with van der Waals surface area (Å²) in [4.78, 5) is 13.4. The minimum Gasteiger partial charge on any atom is -0.494 e. The Morgan fingerprint density at radius 1 is 1.10 bits per heavy atom. The van der Waals surface area contributed by atoms with Crippen LogP contribution in [0.2, 0.25) is 0 Å². The lowest BCUT2D eigenvalue weighted by atomic mass is 10.1. The molecule has 0 aromatic heterocycles. The molecule has 0 amide bonds. The van der Waals surface area contributed by atoms with Gasteiger partial charge in [-0.1, -0.05) is 25.1 Å². The van der Waals surface area contributed by atoms with Gasteiger partial charge in [0.2, 0.25) is 0 Å². The molecule has 2 rings (SSSR count). The van der Waals surface area contributed by atoms with E-state index < -0.39 is 0 Å². The number of hydrogen-bond donors (Lipinski definition) is 0. The molecule has 0 N–H and O–H groups in total. The first-order chi connectivity index (χ1) is 10.2. The first-order valence-corrected chi connectivity index (χ1v) is 8.13. The average Bonchev–Trinajstić information content (AvgIpc) is 2.52. The summed E-state index contributed by atoms with van der Waals surface area (Å²) in [5.74, 6) is 1.42. The number of aryl methyl sites for hydroxylation is 1. The van der Waals surface area contributed by atoms with E-state index in [4.69, 9.17) is 4.74 Å². The third kappa shape index (κ3) is 4.64. The van der Waals surface area contributed by atoms with Crippen LogP contribution < -0.4 is 4.74 Å². The van der Waals surface area contributed by atoms with Gasteiger partial charge in [0, 0.05) is 10.5 Å². The molecule has 0 unspecified atom stereocenters. The predicted molar refractivity (Wildman–Crippen MR) is 88.5 cm³/mol. The van der Waals surface area contributed by atoms with Gasteiger partial charge < -0.3 is 4.74 Å². The van der Waals surface area contributed by atoms with Crippen LogP contribution in [-0.2, 0) is 0 Å². The normalized spacial score (nSPS) is 10.4. The number of hydrogen-bond acceptors (Lipinski definition) is 3. The Balaban J connectivity index is 1.93. The molecule has 0 saturated heterocycles. The van der Waals surface area contributed by atoms with E-state index >= 15 is 0 Å². The monoisotopic (exact) mass is 300 g/mol. The highest BCUT2D eigenvalue weighted by molar-refractivity contribution is 8.00. The van der Waals surface area contributed by atoms with Gasteiger partial charge in [-0.05, 0) is 49.2 Å². The fraction of sp³-hybridized carbons (Fsp3) is 0.278. The Morgan fingerprint density at radius 3 is 2.48 bits per heavy atom. The van der Waals surface area contributed by atoms with Gasteiger partial charge in [-0.25, -0.2) is 0 Å². The smallest absolute Gasteiger partial charge is 0.173 e. The molecule has 0 aliphatic rings. The second kappa shape index (κ2) is 7.89. The van der Waals surface area contributed by atoms with Crippen LogP contribution in [0.3, 0.4) is 0 Å². The molecule has 0 fully saturated rings. The Kier molecular flexibility index (Phi) is 5.88. The van der Waals surface area contributed by atoms with Crippen molar-refractivity contribution in [2.75, 3.05) is 12.4 Å². The molecular formula is C18H20O2S. The van der Waals surface area contributed by atoms with Crippen molar-refractivity contribution in [3.05, 3.63) is 59.7 Å². The maximum atomic E-state index is 12.2. The molecular weight excluding hydrogens is 280 g/mol. The number of Topliss-reactive ketones (excluding diaryl/α,β-unsaturated/α-hetero) is 1. The Labute approximate surface area is 130 Å². The summed E-state index contributed by atoms with van der Waals surface area (Å²) in [6.45, 7) is 4.84. The standard InChI is InChI=1S/C18H20O2S/c1-3-12-20-16-10-8-15(9-11-16)17(19)13-21-18-7-5-4-6-14(18)2/h4-11H,3,12-13H2,1-2H3. The van der Waals surface area contributed by atoms with E-state index in [9.17, 15) is 4.79 Å². The highest BCUT2D eigenvalue weighted by Crippen LogP contribution is 2.23. The molecule has 2 aromatic rings. The van der Waals surface area contributed by atoms with Gasteiger partial charge >= 0.3 is 0 Å². The molecule has 0 radical (unpaired) electrons. The van der Waals surface area contributed by atoms with Gasteiger partial charge in [0.05, 0.1) is 12.4 Å². The molecule has 0 spiro atoms. The van der Waals surface area contributed by atoms with Crippen molar-refractivity contribution in [1.29, 1.82) is 0 Å². The van der Waals surface area contributed by atoms with E-state index in [1.54, 1.807) is 11.8 Å². The first-order valence-electron chi connectivity index (χ1n) is 7.15. The minimum absolute atomic E-state index is 0.144. The number of ketones is 1. The van der Waals surface area contributed by atoms with Crippen LogP contribution in [0.5, 0.6) is 5.75 Å². The van der Waals surface area contributed by atoms with Crippen molar-refractivity contribution in [2.24, 2.45) is 0 Å². The van der Waals surface area contributed by atoms with Crippen molar-refractivity contribution in [3.8, 4) is 5.75 Å². The summed E-state index contributed by atoms with van der Waals surface area (Å²) in [6.07, 6.45) is 0.980. The van der Waals surface area contributed by atoms with Crippen molar-refractivity contribution in [1.82, 2.24) is 0 Å². The number of thioether (sulfide) groups is 1. The summed E-state index contributed by atoms with van der Waals surface area (Å²) in [7, 11) is 0. The topological polar surface area (TPSA) is 26.3 Å². The number of carbonyl (C=O) groups excluding carboxylic acids is 1. The van der Waals surface area contributed by atoms with Gasteiger partial charge in [-0.2, -0.15) is 0 Å². The van der Waals surface area contributed by atoms with Crippen LogP contribution in [0, 0.1) is 6.92 Å². The molecule has 0 saturated carbocycles. The maximum Gasteiger partial charge on any atom is 0.173 e. The van der Waals surface area contributed by atoms with Crippen LogP contribution in [0.1, 0.15) is 29.3 Å². The van der Waals surface area contributed by atoms with E-state index in [0.717, 1.165) is 22.6 Å². The zero-order chi connectivity index (χ0) is 15.1. The van der Waals surface area contributed by atoms with Crippen LogP contribution in [0.15, 0.2) is 53.4 Å². The largest absolute Gasteiger partial charge is 0.494 e. The summed E-state index contributed by atoms with van der Waals surface area (Å²) in [5, 5.41) is 0. The SMILES string of the molecule is CCCOc1ccc(C(=O)CSc2ccccc2C)cc1. The Hall–Kier alpha value is -1.74. The average molecular weight is 300 g/mol. The van der Waals surface area contributed by atoms with Crippen LogP contribution in [0.25, 0.3) is 0 Å². The van der Waals surface area contributed by atoms with Crippen molar-refractivity contribution in [3.63, 3.8) is 0 Å². The lowest BCUT2D eigenvalue weighted by Gasteiger charge is -2.06. The molecule has 110 valence electrons. The number of rotatable bonds is 7. The Bertz CT molecular complexity index is 590. The highest BCUT2D eigenvalue weighted by Gasteiger charge is 2.08. The summed E-state index contributed by atoms with van der Waals surface area (Å²) >= 11 is 1.59. The third-order valence-corrected chi connectivity index (χ3v) is 4.28. The molecule has 0 bridgehead atoms. The van der Waals surface area contributed by atoms with Gasteiger partial charge in [0.15, 0.2) is 5.78 Å². The van der Waals surface area contributed by atoms with E-state index in [1.165, 1.54) is 5.56 Å². The fourth-order valence-electron chi connectivity index (χ4n) is 1.90. The van der Waals surface area contributed by atoms with Gasteiger partial charge in [-0.3, -0.25) is 4.79 Å². The summed E-state index contributed by atoms with van der Waals surface area (Å²) in [5.41, 5.74) is 1.94. The predicted octanol–water partition coefficient (Wildman–Crippen LogP) is 4.76. The lowest BCUT2D eigenvalue weighted by molar-refractivity contribution is 0.102. The van der Waals surface area contributed by atoms with Gasteiger partial charge in [0.1, 0.15) is 5.75 Å². The quantitative estimate of drug-likeness (QED) is 0.545. The maximum absolute atomic E-state index is 12.2. The highest BCUT2D eigenvalue weighted by atomic mass is 32.2. The van der Waals surface area contributed by atoms with Crippen molar-refractivity contribution >= 4 is 17.5 Å².